The van der Waals surface area contributed by atoms with E-state index in [4.69, 9.17) is 0 Å². The minimum atomic E-state index is 1.32. The molecule has 0 aromatic rings. The highest BCUT2D eigenvalue weighted by molar-refractivity contribution is 4.57. The van der Waals surface area contributed by atoms with Crippen LogP contribution in [-0.2, 0) is 4.74 Å². The van der Waals surface area contributed by atoms with Crippen molar-refractivity contribution in [3.63, 3.8) is 0 Å². The summed E-state index contributed by atoms with van der Waals surface area (Å²) in [4.78, 5) is 2.64. The van der Waals surface area contributed by atoms with Gasteiger partial charge in [-0.25, -0.2) is 0 Å². The van der Waals surface area contributed by atoms with Crippen LogP contribution in [-0.4, -0.2) is 38.8 Å². The Morgan fingerprint density at radius 2 is 0.938 bits per heavy atom. The molecule has 2 heteroatoms. The SMILES string of the molecule is CCCCN(CCCC)CCCC.COC. The largest absolute Gasteiger partial charge is 0.388 e. The second-order valence-corrected chi connectivity index (χ2v) is 4.31. The van der Waals surface area contributed by atoms with Gasteiger partial charge in [0.25, 0.3) is 0 Å². The van der Waals surface area contributed by atoms with Gasteiger partial charge in [0.2, 0.25) is 0 Å². The lowest BCUT2D eigenvalue weighted by Crippen LogP contribution is -2.27. The molecule has 100 valence electrons. The summed E-state index contributed by atoms with van der Waals surface area (Å²) >= 11 is 0. The average molecular weight is 231 g/mol. The third-order valence-corrected chi connectivity index (χ3v) is 2.48. The molecule has 0 aromatic carbocycles. The molecule has 0 fully saturated rings. The zero-order valence-electron chi connectivity index (χ0n) is 12.2. The van der Waals surface area contributed by atoms with Gasteiger partial charge in [0.1, 0.15) is 0 Å². The van der Waals surface area contributed by atoms with Crippen LogP contribution in [0.2, 0.25) is 0 Å². The smallest absolute Gasteiger partial charge is 0.0351 e. The molecule has 2 nitrogen and oxygen atoms in total. The maximum Gasteiger partial charge on any atom is 0.0351 e. The topological polar surface area (TPSA) is 12.5 Å². The van der Waals surface area contributed by atoms with Gasteiger partial charge in [0.05, 0.1) is 0 Å². The molecule has 0 saturated carbocycles. The summed E-state index contributed by atoms with van der Waals surface area (Å²) in [5, 5.41) is 0. The predicted octanol–water partition coefficient (Wildman–Crippen LogP) is 3.95. The molecule has 0 aliphatic rings. The predicted molar refractivity (Wildman–Crippen MR) is 74.1 cm³/mol. The zero-order chi connectivity index (χ0) is 12.6. The van der Waals surface area contributed by atoms with Crippen LogP contribution in [0.5, 0.6) is 0 Å². The van der Waals surface area contributed by atoms with E-state index in [-0.39, 0.29) is 0 Å². The number of ether oxygens (including phenoxy) is 1. The Morgan fingerprint density at radius 1 is 0.688 bits per heavy atom. The monoisotopic (exact) mass is 231 g/mol. The lowest BCUT2D eigenvalue weighted by Gasteiger charge is -2.21. The molecule has 0 aliphatic heterocycles. The van der Waals surface area contributed by atoms with Crippen LogP contribution in [0, 0.1) is 0 Å². The van der Waals surface area contributed by atoms with Gasteiger partial charge in [-0.1, -0.05) is 40.0 Å². The minimum Gasteiger partial charge on any atom is -0.388 e. The van der Waals surface area contributed by atoms with Gasteiger partial charge >= 0.3 is 0 Å². The Hall–Kier alpha value is -0.0800. The Morgan fingerprint density at radius 3 is 1.12 bits per heavy atom. The van der Waals surface area contributed by atoms with Crippen LogP contribution in [0.4, 0.5) is 0 Å². The Kier molecular flexibility index (Phi) is 19.8. The lowest BCUT2D eigenvalue weighted by atomic mass is 10.2. The van der Waals surface area contributed by atoms with E-state index >= 15 is 0 Å². The van der Waals surface area contributed by atoms with Crippen LogP contribution < -0.4 is 0 Å². The van der Waals surface area contributed by atoms with Crippen molar-refractivity contribution in [1.82, 2.24) is 4.90 Å². The zero-order valence-corrected chi connectivity index (χ0v) is 12.2. The molecule has 0 heterocycles. The van der Waals surface area contributed by atoms with Crippen LogP contribution in [0.15, 0.2) is 0 Å². The molecule has 0 aliphatic carbocycles. The summed E-state index contributed by atoms with van der Waals surface area (Å²) in [7, 11) is 3.25. The summed E-state index contributed by atoms with van der Waals surface area (Å²) in [6.45, 7) is 10.8. The standard InChI is InChI=1S/C12H27N.C2H6O/c1-4-7-10-13(11-8-5-2)12-9-6-3;1-3-2/h4-12H2,1-3H3;1-2H3. The lowest BCUT2D eigenvalue weighted by molar-refractivity contribution is 0.261. The van der Waals surface area contributed by atoms with E-state index in [1.165, 1.54) is 58.2 Å². The summed E-state index contributed by atoms with van der Waals surface area (Å²) in [6, 6.07) is 0. The second-order valence-electron chi connectivity index (χ2n) is 4.31. The normalized spacial score (nSPS) is 10.1. The third-order valence-electron chi connectivity index (χ3n) is 2.48. The molecule has 0 unspecified atom stereocenters. The molecule has 0 spiro atoms. The Balaban J connectivity index is 0. The first kappa shape index (κ1) is 18.3. The molecule has 0 rings (SSSR count). The Labute approximate surface area is 103 Å². The van der Waals surface area contributed by atoms with Crippen molar-refractivity contribution in [2.75, 3.05) is 33.9 Å². The number of unbranched alkanes of at least 4 members (excludes halogenated alkanes) is 3. The highest BCUT2D eigenvalue weighted by atomic mass is 16.4. The summed E-state index contributed by atoms with van der Waals surface area (Å²) in [5.74, 6) is 0. The highest BCUT2D eigenvalue weighted by Gasteiger charge is 2.01. The van der Waals surface area contributed by atoms with Crippen molar-refractivity contribution in [1.29, 1.82) is 0 Å². The van der Waals surface area contributed by atoms with Gasteiger partial charge in [-0.3, -0.25) is 0 Å². The minimum absolute atomic E-state index is 1.32. The van der Waals surface area contributed by atoms with Gasteiger partial charge in [-0.05, 0) is 38.9 Å². The second kappa shape index (κ2) is 17.3. The number of methoxy groups -OCH3 is 1. The molecule has 0 aromatic heterocycles. The number of rotatable bonds is 9. The molecule has 0 radical (unpaired) electrons. The van der Waals surface area contributed by atoms with Crippen molar-refractivity contribution in [3.05, 3.63) is 0 Å². The molecule has 0 atom stereocenters. The van der Waals surface area contributed by atoms with Crippen LogP contribution in [0.3, 0.4) is 0 Å². The van der Waals surface area contributed by atoms with Crippen molar-refractivity contribution in [2.45, 2.75) is 59.3 Å². The average Bonchev–Trinajstić information content (AvgIpc) is 2.29. The van der Waals surface area contributed by atoms with E-state index in [0.29, 0.717) is 0 Å². The fourth-order valence-electron chi connectivity index (χ4n) is 1.48. The van der Waals surface area contributed by atoms with Gasteiger partial charge in [-0.15, -0.1) is 0 Å². The fraction of sp³-hybridized carbons (Fsp3) is 1.00. The quantitative estimate of drug-likeness (QED) is 0.596. The van der Waals surface area contributed by atoms with E-state index in [1.54, 1.807) is 14.2 Å². The van der Waals surface area contributed by atoms with Crippen molar-refractivity contribution in [2.24, 2.45) is 0 Å². The van der Waals surface area contributed by atoms with Crippen LogP contribution in [0.25, 0.3) is 0 Å². The van der Waals surface area contributed by atoms with E-state index < -0.39 is 0 Å². The summed E-state index contributed by atoms with van der Waals surface area (Å²) in [5.41, 5.74) is 0. The number of nitrogens with zero attached hydrogens (tertiary/aromatic N) is 1. The van der Waals surface area contributed by atoms with Crippen molar-refractivity contribution in [3.8, 4) is 0 Å². The van der Waals surface area contributed by atoms with E-state index in [2.05, 4.69) is 30.4 Å². The van der Waals surface area contributed by atoms with Crippen molar-refractivity contribution < 1.29 is 4.74 Å². The first-order valence-corrected chi connectivity index (χ1v) is 6.89. The molecular weight excluding hydrogens is 198 g/mol. The molecule has 16 heavy (non-hydrogen) atoms. The van der Waals surface area contributed by atoms with E-state index in [0.717, 1.165) is 0 Å². The van der Waals surface area contributed by atoms with Crippen LogP contribution in [0.1, 0.15) is 59.3 Å². The summed E-state index contributed by atoms with van der Waals surface area (Å²) in [6.07, 6.45) is 8.09. The van der Waals surface area contributed by atoms with Crippen molar-refractivity contribution >= 4 is 0 Å². The highest BCUT2D eigenvalue weighted by Crippen LogP contribution is 2.01. The van der Waals surface area contributed by atoms with Gasteiger partial charge < -0.3 is 9.64 Å². The summed E-state index contributed by atoms with van der Waals surface area (Å²) < 4.78 is 4.25. The van der Waals surface area contributed by atoms with Crippen LogP contribution >= 0.6 is 0 Å². The van der Waals surface area contributed by atoms with Gasteiger partial charge in [0, 0.05) is 14.2 Å². The van der Waals surface area contributed by atoms with Gasteiger partial charge in [-0.2, -0.15) is 0 Å². The molecule has 0 amide bonds. The fourth-order valence-corrected chi connectivity index (χ4v) is 1.48. The number of hydrogen-bond acceptors (Lipinski definition) is 2. The maximum absolute atomic E-state index is 4.25. The molecule has 0 saturated heterocycles. The molecular formula is C14H33NO. The maximum atomic E-state index is 4.25. The molecule has 0 N–H and O–H groups in total. The first-order valence-electron chi connectivity index (χ1n) is 6.89. The van der Waals surface area contributed by atoms with E-state index in [1.807, 2.05) is 0 Å². The van der Waals surface area contributed by atoms with E-state index in [9.17, 15) is 0 Å². The van der Waals surface area contributed by atoms with Gasteiger partial charge in [0.15, 0.2) is 0 Å². The third kappa shape index (κ3) is 16.4. The Bertz CT molecular complexity index is 87.9. The molecule has 0 bridgehead atoms. The first-order chi connectivity index (χ1) is 7.76. The number of hydrogen-bond donors (Lipinski definition) is 0.